The lowest BCUT2D eigenvalue weighted by molar-refractivity contribution is 0.0940. The number of thiazole rings is 1. The average Bonchev–Trinajstić information content (AvgIpc) is 3.22. The fourth-order valence-electron chi connectivity index (χ4n) is 2.01. The van der Waals surface area contributed by atoms with Crippen LogP contribution in [0.3, 0.4) is 0 Å². The Balaban J connectivity index is 1.79. The first-order chi connectivity index (χ1) is 11.6. The second-order valence-corrected chi connectivity index (χ2v) is 7.27. The topological polar surface area (TPSA) is 65.8 Å². The maximum Gasteiger partial charge on any atom is 0.272 e. The van der Waals surface area contributed by atoms with E-state index in [1.807, 2.05) is 12.1 Å². The molecule has 1 amide bonds. The zero-order valence-corrected chi connectivity index (χ0v) is 14.4. The number of aromatic nitrogens is 1. The summed E-state index contributed by atoms with van der Waals surface area (Å²) in [6.45, 7) is 0. The number of carbonyl (C=O) groups excluding carboxylic acids is 1. The number of nitriles is 1. The fourth-order valence-corrected chi connectivity index (χ4v) is 3.93. The molecule has 0 aliphatic rings. The van der Waals surface area contributed by atoms with Crippen molar-refractivity contribution in [1.82, 2.24) is 10.3 Å². The van der Waals surface area contributed by atoms with E-state index in [9.17, 15) is 14.4 Å². The molecule has 3 aromatic rings. The molecule has 1 aromatic carbocycles. The van der Waals surface area contributed by atoms with Gasteiger partial charge in [0, 0.05) is 10.9 Å². The molecular weight excluding hydrogens is 369 g/mol. The number of amides is 1. The number of thiophene rings is 1. The Morgan fingerprint density at radius 1 is 1.33 bits per heavy atom. The van der Waals surface area contributed by atoms with Crippen LogP contribution in [0.2, 0.25) is 4.34 Å². The van der Waals surface area contributed by atoms with Gasteiger partial charge in [-0.2, -0.15) is 5.26 Å². The van der Waals surface area contributed by atoms with Gasteiger partial charge in [-0.25, -0.2) is 9.37 Å². The van der Waals surface area contributed by atoms with E-state index >= 15 is 0 Å². The van der Waals surface area contributed by atoms with Crippen LogP contribution in [0.15, 0.2) is 41.8 Å². The van der Waals surface area contributed by atoms with E-state index in [0.29, 0.717) is 9.34 Å². The number of halogens is 2. The van der Waals surface area contributed by atoms with Crippen molar-refractivity contribution >= 4 is 40.2 Å². The van der Waals surface area contributed by atoms with E-state index in [-0.39, 0.29) is 11.3 Å². The molecule has 0 fully saturated rings. The number of hydrogen-bond acceptors (Lipinski definition) is 5. The number of rotatable bonds is 4. The summed E-state index contributed by atoms with van der Waals surface area (Å²) in [4.78, 5) is 17.4. The van der Waals surface area contributed by atoms with Crippen molar-refractivity contribution in [2.45, 2.75) is 6.04 Å². The Kier molecular flexibility index (Phi) is 4.90. The smallest absolute Gasteiger partial charge is 0.272 e. The molecule has 0 aliphatic carbocycles. The van der Waals surface area contributed by atoms with Crippen LogP contribution in [-0.2, 0) is 0 Å². The van der Waals surface area contributed by atoms with Crippen molar-refractivity contribution in [2.24, 2.45) is 0 Å². The van der Waals surface area contributed by atoms with Gasteiger partial charge in [0.2, 0.25) is 0 Å². The maximum absolute atomic E-state index is 13.8. The summed E-state index contributed by atoms with van der Waals surface area (Å²) in [5, 5.41) is 14.0. The van der Waals surface area contributed by atoms with Crippen LogP contribution in [-0.4, -0.2) is 10.9 Å². The lowest BCUT2D eigenvalue weighted by atomic mass is 10.1. The lowest BCUT2D eigenvalue weighted by Gasteiger charge is -2.11. The predicted octanol–water partition coefficient (Wildman–Crippen LogP) is 4.66. The minimum absolute atomic E-state index is 0.119. The van der Waals surface area contributed by atoms with Gasteiger partial charge in [-0.1, -0.05) is 29.8 Å². The summed E-state index contributed by atoms with van der Waals surface area (Å²) < 4.78 is 14.4. The van der Waals surface area contributed by atoms with E-state index in [0.717, 1.165) is 4.88 Å². The highest BCUT2D eigenvalue weighted by atomic mass is 35.5. The van der Waals surface area contributed by atoms with Crippen LogP contribution < -0.4 is 5.32 Å². The molecule has 0 aliphatic heterocycles. The first-order valence-electron chi connectivity index (χ1n) is 6.74. The van der Waals surface area contributed by atoms with E-state index in [2.05, 4.69) is 10.3 Å². The van der Waals surface area contributed by atoms with Gasteiger partial charge >= 0.3 is 0 Å². The third-order valence-corrected chi connectivity index (χ3v) is 5.38. The normalized spacial score (nSPS) is 11.7. The van der Waals surface area contributed by atoms with Crippen LogP contribution in [0.25, 0.3) is 9.88 Å². The molecule has 0 saturated heterocycles. The molecule has 1 unspecified atom stereocenters. The lowest BCUT2D eigenvalue weighted by Crippen LogP contribution is -2.28. The highest BCUT2D eigenvalue weighted by Crippen LogP contribution is 2.33. The molecule has 8 heteroatoms. The Hall–Kier alpha value is -2.27. The van der Waals surface area contributed by atoms with Crippen molar-refractivity contribution in [3.8, 4) is 16.0 Å². The van der Waals surface area contributed by atoms with Crippen molar-refractivity contribution in [1.29, 1.82) is 5.26 Å². The van der Waals surface area contributed by atoms with Crippen LogP contribution >= 0.6 is 34.3 Å². The highest BCUT2D eigenvalue weighted by molar-refractivity contribution is 7.23. The van der Waals surface area contributed by atoms with E-state index < -0.39 is 17.8 Å². The Labute approximate surface area is 150 Å². The highest BCUT2D eigenvalue weighted by Gasteiger charge is 2.20. The Morgan fingerprint density at radius 2 is 2.12 bits per heavy atom. The Bertz CT molecular complexity index is 931. The molecule has 0 saturated carbocycles. The quantitative estimate of drug-likeness (QED) is 0.719. The molecule has 3 rings (SSSR count). The summed E-state index contributed by atoms with van der Waals surface area (Å²) in [5.74, 6) is -1.08. The summed E-state index contributed by atoms with van der Waals surface area (Å²) in [7, 11) is 0. The molecule has 4 nitrogen and oxygen atoms in total. The van der Waals surface area contributed by atoms with E-state index in [1.165, 1.54) is 40.9 Å². The van der Waals surface area contributed by atoms with Gasteiger partial charge in [0.15, 0.2) is 0 Å². The maximum atomic E-state index is 13.8. The van der Waals surface area contributed by atoms with Crippen molar-refractivity contribution in [2.75, 3.05) is 0 Å². The van der Waals surface area contributed by atoms with Crippen molar-refractivity contribution in [3.63, 3.8) is 0 Å². The van der Waals surface area contributed by atoms with Gasteiger partial charge in [-0.05, 0) is 18.2 Å². The molecule has 120 valence electrons. The minimum atomic E-state index is -1.08. The van der Waals surface area contributed by atoms with Crippen LogP contribution in [0.5, 0.6) is 0 Å². The molecule has 24 heavy (non-hydrogen) atoms. The van der Waals surface area contributed by atoms with Crippen LogP contribution in [0.4, 0.5) is 4.39 Å². The first kappa shape index (κ1) is 16.6. The summed E-state index contributed by atoms with van der Waals surface area (Å²) in [6, 6.07) is 10.2. The van der Waals surface area contributed by atoms with Crippen LogP contribution in [0.1, 0.15) is 22.1 Å². The van der Waals surface area contributed by atoms with Crippen molar-refractivity contribution in [3.05, 3.63) is 63.2 Å². The monoisotopic (exact) mass is 377 g/mol. The van der Waals surface area contributed by atoms with E-state index in [4.69, 9.17) is 11.6 Å². The summed E-state index contributed by atoms with van der Waals surface area (Å²) in [5.41, 5.74) is 0.296. The second kappa shape index (κ2) is 7.09. The molecular formula is C16H9ClFN3OS2. The number of carbonyl (C=O) groups is 1. The zero-order chi connectivity index (χ0) is 17.1. The third kappa shape index (κ3) is 3.46. The third-order valence-electron chi connectivity index (χ3n) is 3.14. The van der Waals surface area contributed by atoms with Gasteiger partial charge in [0.05, 0.1) is 15.3 Å². The largest absolute Gasteiger partial charge is 0.331 e. The molecule has 0 spiro atoms. The summed E-state index contributed by atoms with van der Waals surface area (Å²) >= 11 is 8.56. The van der Waals surface area contributed by atoms with Crippen molar-refractivity contribution < 1.29 is 9.18 Å². The number of nitrogens with zero attached hydrogens (tertiary/aromatic N) is 2. The average molecular weight is 378 g/mol. The molecule has 0 radical (unpaired) electrons. The number of nitrogens with one attached hydrogen (secondary N) is 1. The number of benzene rings is 1. The standard InChI is InChI=1S/C16H9ClFN3OS2/c17-14-6-5-13(24-14)16-21-12(8-23-16)15(22)20-11(7-19)9-3-1-2-4-10(9)18/h1-6,8,11H,(H,20,22). The zero-order valence-electron chi connectivity index (χ0n) is 12.0. The van der Waals surface area contributed by atoms with E-state index in [1.54, 1.807) is 17.5 Å². The molecule has 1 atom stereocenters. The van der Waals surface area contributed by atoms with Crippen LogP contribution in [0, 0.1) is 17.1 Å². The Morgan fingerprint density at radius 3 is 2.79 bits per heavy atom. The second-order valence-electron chi connectivity index (χ2n) is 4.70. The first-order valence-corrected chi connectivity index (χ1v) is 8.82. The molecule has 2 aromatic heterocycles. The van der Waals surface area contributed by atoms with Gasteiger partial charge in [-0.15, -0.1) is 22.7 Å². The minimum Gasteiger partial charge on any atom is -0.331 e. The SMILES string of the molecule is N#CC(NC(=O)c1csc(-c2ccc(Cl)s2)n1)c1ccccc1F. The van der Waals surface area contributed by atoms with Gasteiger partial charge in [0.25, 0.3) is 5.91 Å². The molecule has 2 heterocycles. The van der Waals surface area contributed by atoms with Gasteiger partial charge in [0.1, 0.15) is 22.6 Å². The fraction of sp³-hybridized carbons (Fsp3) is 0.0625. The van der Waals surface area contributed by atoms with Gasteiger partial charge in [-0.3, -0.25) is 4.79 Å². The van der Waals surface area contributed by atoms with Gasteiger partial charge < -0.3 is 5.32 Å². The summed E-state index contributed by atoms with van der Waals surface area (Å²) in [6.07, 6.45) is 0. The molecule has 1 N–H and O–H groups in total. The molecule has 0 bridgehead atoms. The number of hydrogen-bond donors (Lipinski definition) is 1. The predicted molar refractivity (Wildman–Crippen MR) is 92.7 cm³/mol.